The average Bonchev–Trinajstić information content (AvgIpc) is 2.73. The van der Waals surface area contributed by atoms with Crippen molar-refractivity contribution in [2.45, 2.75) is 33.1 Å². The van der Waals surface area contributed by atoms with Crippen molar-refractivity contribution in [2.24, 2.45) is 0 Å². The van der Waals surface area contributed by atoms with Crippen LogP contribution in [0.15, 0.2) is 48.5 Å². The summed E-state index contributed by atoms with van der Waals surface area (Å²) in [6.07, 6.45) is 0.0940. The molecule has 1 atom stereocenters. The minimum Gasteiger partial charge on any atom is -0.473 e. The zero-order valence-electron chi connectivity index (χ0n) is 17.1. The molecular formula is C24H28N2O3. The number of nitrogens with one attached hydrogen (secondary N) is 1. The smallest absolute Gasteiger partial charge is 0.218 e. The number of aromatic nitrogens is 1. The second-order valence-electron chi connectivity index (χ2n) is 7.63. The van der Waals surface area contributed by atoms with E-state index in [9.17, 15) is 0 Å². The lowest BCUT2D eigenvalue weighted by molar-refractivity contribution is -0.0864. The van der Waals surface area contributed by atoms with Crippen molar-refractivity contribution < 1.29 is 14.2 Å². The van der Waals surface area contributed by atoms with Crippen LogP contribution in [0.2, 0.25) is 0 Å². The first-order valence-electron chi connectivity index (χ1n) is 10.2. The maximum absolute atomic E-state index is 6.16. The van der Waals surface area contributed by atoms with Crippen LogP contribution in [-0.4, -0.2) is 37.5 Å². The van der Waals surface area contributed by atoms with Crippen molar-refractivity contribution in [2.75, 3.05) is 26.4 Å². The third-order valence-corrected chi connectivity index (χ3v) is 5.04. The van der Waals surface area contributed by atoms with Gasteiger partial charge < -0.3 is 19.5 Å². The fourth-order valence-corrected chi connectivity index (χ4v) is 3.53. The predicted molar refractivity (Wildman–Crippen MR) is 114 cm³/mol. The Bertz CT molecular complexity index is 967. The molecule has 0 spiro atoms. The Morgan fingerprint density at radius 1 is 1.07 bits per heavy atom. The largest absolute Gasteiger partial charge is 0.473 e. The highest BCUT2D eigenvalue weighted by Gasteiger charge is 2.15. The van der Waals surface area contributed by atoms with E-state index in [1.54, 1.807) is 0 Å². The molecule has 0 bridgehead atoms. The Kier molecular flexibility index (Phi) is 6.39. The van der Waals surface area contributed by atoms with Crippen LogP contribution >= 0.6 is 0 Å². The topological polar surface area (TPSA) is 52.6 Å². The van der Waals surface area contributed by atoms with Gasteiger partial charge in [0.15, 0.2) is 0 Å². The molecule has 0 saturated carbocycles. The zero-order chi connectivity index (χ0) is 20.1. The molecule has 152 valence electrons. The van der Waals surface area contributed by atoms with Gasteiger partial charge in [-0.1, -0.05) is 42.0 Å². The van der Waals surface area contributed by atoms with E-state index in [0.717, 1.165) is 28.6 Å². The predicted octanol–water partition coefficient (Wildman–Crippen LogP) is 3.94. The molecule has 2 aromatic carbocycles. The van der Waals surface area contributed by atoms with Gasteiger partial charge in [0.1, 0.15) is 6.61 Å². The molecule has 4 rings (SSSR count). The third kappa shape index (κ3) is 5.32. The fourth-order valence-electron chi connectivity index (χ4n) is 3.53. The monoisotopic (exact) mass is 392 g/mol. The molecule has 2 heterocycles. The van der Waals surface area contributed by atoms with E-state index in [4.69, 9.17) is 19.2 Å². The number of nitrogens with zero attached hydrogens (tertiary/aromatic N) is 1. The summed E-state index contributed by atoms with van der Waals surface area (Å²) in [7, 11) is 0. The van der Waals surface area contributed by atoms with Crippen LogP contribution in [0.1, 0.15) is 22.3 Å². The van der Waals surface area contributed by atoms with Gasteiger partial charge in [-0.25, -0.2) is 4.98 Å². The Balaban J connectivity index is 1.51. The molecular weight excluding hydrogens is 364 g/mol. The molecule has 1 aliphatic rings. The van der Waals surface area contributed by atoms with Crippen LogP contribution in [0, 0.1) is 13.8 Å². The van der Waals surface area contributed by atoms with Crippen molar-refractivity contribution in [1.82, 2.24) is 10.3 Å². The number of rotatable bonds is 7. The van der Waals surface area contributed by atoms with Crippen LogP contribution in [0.25, 0.3) is 10.9 Å². The summed E-state index contributed by atoms with van der Waals surface area (Å²) in [6, 6.07) is 16.9. The molecule has 0 amide bonds. The van der Waals surface area contributed by atoms with Gasteiger partial charge in [0.05, 0.1) is 31.4 Å². The van der Waals surface area contributed by atoms with Gasteiger partial charge in [-0.3, -0.25) is 0 Å². The summed E-state index contributed by atoms with van der Waals surface area (Å²) >= 11 is 0. The van der Waals surface area contributed by atoms with Crippen LogP contribution in [0.3, 0.4) is 0 Å². The van der Waals surface area contributed by atoms with Crippen LogP contribution in [0.5, 0.6) is 5.88 Å². The number of benzene rings is 2. The molecule has 5 nitrogen and oxygen atoms in total. The average molecular weight is 392 g/mol. The van der Waals surface area contributed by atoms with E-state index in [0.29, 0.717) is 38.9 Å². The number of fused-ring (bicyclic) bond motifs is 1. The number of aryl methyl sites for hydroxylation is 2. The SMILES string of the molecule is Cc1cccc(COc2nc3cc(C)ccc3cc2CNCC2COCCO2)c1. The minimum atomic E-state index is 0.0940. The minimum absolute atomic E-state index is 0.0940. The van der Waals surface area contributed by atoms with Crippen molar-refractivity contribution in [3.05, 3.63) is 70.8 Å². The molecule has 0 aliphatic carbocycles. The third-order valence-electron chi connectivity index (χ3n) is 5.04. The fraction of sp³-hybridized carbons (Fsp3) is 0.375. The lowest BCUT2D eigenvalue weighted by Gasteiger charge is -2.23. The molecule has 1 aromatic heterocycles. The number of hydrogen-bond donors (Lipinski definition) is 1. The van der Waals surface area contributed by atoms with E-state index >= 15 is 0 Å². The van der Waals surface area contributed by atoms with Gasteiger partial charge in [0.25, 0.3) is 0 Å². The summed E-state index contributed by atoms with van der Waals surface area (Å²) in [4.78, 5) is 4.82. The molecule has 1 unspecified atom stereocenters. The van der Waals surface area contributed by atoms with E-state index < -0.39 is 0 Å². The second-order valence-corrected chi connectivity index (χ2v) is 7.63. The Morgan fingerprint density at radius 3 is 2.79 bits per heavy atom. The van der Waals surface area contributed by atoms with Gasteiger partial charge in [-0.05, 0) is 37.1 Å². The first-order chi connectivity index (χ1) is 14.2. The lowest BCUT2D eigenvalue weighted by atomic mass is 10.1. The van der Waals surface area contributed by atoms with E-state index in [-0.39, 0.29) is 6.10 Å². The van der Waals surface area contributed by atoms with Crippen molar-refractivity contribution in [1.29, 1.82) is 0 Å². The maximum atomic E-state index is 6.16. The highest BCUT2D eigenvalue weighted by Crippen LogP contribution is 2.24. The van der Waals surface area contributed by atoms with E-state index in [1.807, 2.05) is 0 Å². The quantitative estimate of drug-likeness (QED) is 0.660. The molecule has 3 aromatic rings. The summed E-state index contributed by atoms with van der Waals surface area (Å²) in [5.74, 6) is 0.679. The first kappa shape index (κ1) is 19.8. The molecule has 1 aliphatic heterocycles. The van der Waals surface area contributed by atoms with Crippen molar-refractivity contribution in [3.63, 3.8) is 0 Å². The summed E-state index contributed by atoms with van der Waals surface area (Å²) < 4.78 is 17.3. The van der Waals surface area contributed by atoms with Gasteiger partial charge in [-0.15, -0.1) is 0 Å². The summed E-state index contributed by atoms with van der Waals surface area (Å²) in [5.41, 5.74) is 5.56. The van der Waals surface area contributed by atoms with E-state index in [1.165, 1.54) is 11.1 Å². The highest BCUT2D eigenvalue weighted by molar-refractivity contribution is 5.80. The number of hydrogen-bond acceptors (Lipinski definition) is 5. The highest BCUT2D eigenvalue weighted by atomic mass is 16.6. The maximum Gasteiger partial charge on any atom is 0.218 e. The summed E-state index contributed by atoms with van der Waals surface area (Å²) in [6.45, 7) is 8.05. The van der Waals surface area contributed by atoms with Crippen LogP contribution in [0.4, 0.5) is 0 Å². The van der Waals surface area contributed by atoms with Gasteiger partial charge in [0.2, 0.25) is 5.88 Å². The normalized spacial score (nSPS) is 16.8. The van der Waals surface area contributed by atoms with Crippen molar-refractivity contribution in [3.8, 4) is 5.88 Å². The number of ether oxygens (including phenoxy) is 3. The molecule has 1 N–H and O–H groups in total. The second kappa shape index (κ2) is 9.35. The zero-order valence-corrected chi connectivity index (χ0v) is 17.1. The van der Waals surface area contributed by atoms with E-state index in [2.05, 4.69) is 67.7 Å². The van der Waals surface area contributed by atoms with Crippen LogP contribution < -0.4 is 10.1 Å². The Hall–Kier alpha value is -2.47. The molecule has 5 heteroatoms. The van der Waals surface area contributed by atoms with Gasteiger partial charge in [0, 0.05) is 24.0 Å². The molecule has 1 fully saturated rings. The standard InChI is InChI=1S/C24H28N2O3/c1-17-4-3-5-19(10-17)15-29-24-21(13-25-14-22-16-27-8-9-28-22)12-20-7-6-18(2)11-23(20)26-24/h3-7,10-12,22,25H,8-9,13-16H2,1-2H3. The molecule has 1 saturated heterocycles. The van der Waals surface area contributed by atoms with Gasteiger partial charge in [-0.2, -0.15) is 0 Å². The summed E-state index contributed by atoms with van der Waals surface area (Å²) in [5, 5.41) is 4.59. The first-order valence-corrected chi connectivity index (χ1v) is 10.2. The van der Waals surface area contributed by atoms with Crippen molar-refractivity contribution >= 4 is 10.9 Å². The number of pyridine rings is 1. The van der Waals surface area contributed by atoms with Gasteiger partial charge >= 0.3 is 0 Å². The Labute approximate surface area is 172 Å². The molecule has 0 radical (unpaired) electrons. The Morgan fingerprint density at radius 2 is 1.97 bits per heavy atom. The lowest BCUT2D eigenvalue weighted by Crippen LogP contribution is -2.37. The van der Waals surface area contributed by atoms with Crippen LogP contribution in [-0.2, 0) is 22.6 Å². The molecule has 29 heavy (non-hydrogen) atoms.